The molecule has 4 saturated heterocycles. The van der Waals surface area contributed by atoms with Crippen molar-refractivity contribution >= 4 is 29.7 Å². The van der Waals surface area contributed by atoms with Crippen molar-refractivity contribution in [3.8, 4) is 0 Å². The fraction of sp³-hybridized carbons (Fsp3) is 0.833. The highest BCUT2D eigenvalue weighted by molar-refractivity contribution is 5.91. The summed E-state index contributed by atoms with van der Waals surface area (Å²) in [6.45, 7) is 9.62. The van der Waals surface area contributed by atoms with Gasteiger partial charge in [0.25, 0.3) is 0 Å². The molecule has 0 aromatic carbocycles. The first-order valence-electron chi connectivity index (χ1n) is 15.6. The van der Waals surface area contributed by atoms with Gasteiger partial charge < -0.3 is 35.1 Å². The molecule has 5 aliphatic rings. The second kappa shape index (κ2) is 13.7. The number of esters is 1. The molecule has 5 rings (SSSR count). The van der Waals surface area contributed by atoms with Crippen LogP contribution >= 0.6 is 0 Å². The van der Waals surface area contributed by atoms with Gasteiger partial charge in [0, 0.05) is 31.1 Å². The van der Waals surface area contributed by atoms with E-state index in [1.54, 1.807) is 0 Å². The number of aliphatic carboxylic acids is 2. The Balaban J connectivity index is 1.34. The van der Waals surface area contributed by atoms with Gasteiger partial charge in [0.05, 0.1) is 6.42 Å². The summed E-state index contributed by atoms with van der Waals surface area (Å²) in [5.74, 6) is -5.28. The van der Waals surface area contributed by atoms with Crippen molar-refractivity contribution in [2.24, 2.45) is 29.6 Å². The minimum atomic E-state index is -1.42. The summed E-state index contributed by atoms with van der Waals surface area (Å²) in [5, 5.41) is 23.1. The molecule has 4 aliphatic heterocycles. The summed E-state index contributed by atoms with van der Waals surface area (Å²) in [6, 6.07) is -2.50. The molecule has 0 unspecified atom stereocenters. The lowest BCUT2D eigenvalue weighted by Gasteiger charge is -2.59. The molecule has 4 heterocycles. The molecular weight excluding hydrogens is 580 g/mol. The number of amides is 2. The van der Waals surface area contributed by atoms with E-state index in [0.29, 0.717) is 12.3 Å². The Morgan fingerprint density at radius 1 is 0.932 bits per heavy atom. The fourth-order valence-electron chi connectivity index (χ4n) is 7.18. The van der Waals surface area contributed by atoms with Gasteiger partial charge in [-0.25, -0.2) is 14.6 Å². The molecule has 0 aromatic heterocycles. The molecule has 0 aromatic rings. The third-order valence-electron chi connectivity index (χ3n) is 9.52. The predicted octanol–water partition coefficient (Wildman–Crippen LogP) is 2.48. The Morgan fingerprint density at radius 2 is 1.66 bits per heavy atom. The average molecular weight is 627 g/mol. The maximum atomic E-state index is 12.9. The number of hydrogen-bond donors (Lipinski definition) is 4. The SMILES string of the molecule is CC(C)C[C@H](NC(=O)CCC(=O)O[C@@H]1O[C@H]2O[C@]3(C)CC[C@H]4[C@H](C)CC[C@H]([C@H]1C)[C@@]24OO3)C(=O)N[C@@H](CCC(=O)O)C(=O)O. The number of rotatable bonds is 13. The standard InChI is InChI=1S/C30H46N2O12/c1-15(2)14-21(25(37)32-20(26(38)39)8-10-23(34)35)31-22(33)9-11-24(36)40-27-17(4)19-7-6-16(3)18-12-13-29(5)42-28(41-27)30(18,19)44-43-29/h15-21,27-28H,6-14H2,1-5H3,(H,31,33)(H,32,37)(H,34,35)(H,38,39)/t16-,17-,18+,19-,20+,21+,27-,28+,29+,30-/m1/s1. The summed E-state index contributed by atoms with van der Waals surface area (Å²) in [6.07, 6.45) is 0.558. The smallest absolute Gasteiger partial charge is 0.326 e. The van der Waals surface area contributed by atoms with E-state index < -0.39 is 72.2 Å². The highest BCUT2D eigenvalue weighted by Crippen LogP contribution is 2.60. The summed E-state index contributed by atoms with van der Waals surface area (Å²) in [7, 11) is 0. The van der Waals surface area contributed by atoms with Crippen LogP contribution in [0.15, 0.2) is 0 Å². The van der Waals surface area contributed by atoms with Gasteiger partial charge in [0.1, 0.15) is 12.1 Å². The van der Waals surface area contributed by atoms with Gasteiger partial charge in [-0.1, -0.05) is 27.7 Å². The van der Waals surface area contributed by atoms with Crippen LogP contribution in [-0.4, -0.2) is 76.0 Å². The van der Waals surface area contributed by atoms with Gasteiger partial charge in [-0.3, -0.25) is 19.2 Å². The Labute approximate surface area is 256 Å². The van der Waals surface area contributed by atoms with Gasteiger partial charge in [-0.2, -0.15) is 0 Å². The predicted molar refractivity (Wildman–Crippen MR) is 150 cm³/mol. The third kappa shape index (κ3) is 7.35. The summed E-state index contributed by atoms with van der Waals surface area (Å²) in [5.41, 5.74) is -0.796. The van der Waals surface area contributed by atoms with Crippen LogP contribution in [0.5, 0.6) is 0 Å². The van der Waals surface area contributed by atoms with E-state index in [1.807, 2.05) is 27.7 Å². The molecule has 4 N–H and O–H groups in total. The van der Waals surface area contributed by atoms with Crippen LogP contribution in [0.4, 0.5) is 0 Å². The lowest BCUT2D eigenvalue weighted by Crippen LogP contribution is -2.70. The second-order valence-corrected chi connectivity index (χ2v) is 13.3. The number of carbonyl (C=O) groups excluding carboxylic acids is 3. The zero-order chi connectivity index (χ0) is 32.4. The Morgan fingerprint density at radius 3 is 2.32 bits per heavy atom. The quantitative estimate of drug-likeness (QED) is 0.172. The number of ether oxygens (including phenoxy) is 3. The number of fused-ring (bicyclic) bond motifs is 2. The van der Waals surface area contributed by atoms with E-state index in [9.17, 15) is 29.1 Å². The second-order valence-electron chi connectivity index (χ2n) is 13.3. The van der Waals surface area contributed by atoms with Crippen LogP contribution in [-0.2, 0) is 48.0 Å². The van der Waals surface area contributed by atoms with Gasteiger partial charge in [-0.15, -0.1) is 0 Å². The highest BCUT2D eigenvalue weighted by Gasteiger charge is 2.69. The van der Waals surface area contributed by atoms with Crippen molar-refractivity contribution in [3.63, 3.8) is 0 Å². The Bertz CT molecular complexity index is 1120. The first-order valence-corrected chi connectivity index (χ1v) is 15.6. The molecule has 2 bridgehead atoms. The zero-order valence-electron chi connectivity index (χ0n) is 26.0. The van der Waals surface area contributed by atoms with Crippen molar-refractivity contribution in [1.82, 2.24) is 10.6 Å². The number of carbonyl (C=O) groups is 5. The normalized spacial score (nSPS) is 35.5. The number of hydrogen-bond acceptors (Lipinski definition) is 10. The Kier molecular flexibility index (Phi) is 10.6. The largest absolute Gasteiger partial charge is 0.481 e. The van der Waals surface area contributed by atoms with E-state index in [0.717, 1.165) is 19.3 Å². The number of carboxylic acids is 2. The molecule has 5 fully saturated rings. The summed E-state index contributed by atoms with van der Waals surface area (Å²) >= 11 is 0. The molecule has 1 aliphatic carbocycles. The lowest BCUT2D eigenvalue weighted by molar-refractivity contribution is -0.576. The summed E-state index contributed by atoms with van der Waals surface area (Å²) in [4.78, 5) is 72.8. The molecule has 14 nitrogen and oxygen atoms in total. The van der Waals surface area contributed by atoms with Crippen LogP contribution in [0.1, 0.15) is 92.4 Å². The molecule has 1 spiro atoms. The highest BCUT2D eigenvalue weighted by atomic mass is 17.3. The van der Waals surface area contributed by atoms with Gasteiger partial charge in [0.15, 0.2) is 11.9 Å². The maximum absolute atomic E-state index is 12.9. The molecule has 44 heavy (non-hydrogen) atoms. The first-order chi connectivity index (χ1) is 20.6. The average Bonchev–Trinajstić information content (AvgIpc) is 3.17. The van der Waals surface area contributed by atoms with Gasteiger partial charge in [0.2, 0.25) is 23.9 Å². The minimum Gasteiger partial charge on any atom is -0.481 e. The van der Waals surface area contributed by atoms with Gasteiger partial charge >= 0.3 is 17.9 Å². The van der Waals surface area contributed by atoms with Crippen molar-refractivity contribution in [3.05, 3.63) is 0 Å². The molecule has 2 amide bonds. The van der Waals surface area contributed by atoms with E-state index in [-0.39, 0.29) is 49.4 Å². The van der Waals surface area contributed by atoms with Crippen LogP contribution in [0.2, 0.25) is 0 Å². The van der Waals surface area contributed by atoms with Crippen LogP contribution in [0, 0.1) is 29.6 Å². The molecule has 10 atom stereocenters. The van der Waals surface area contributed by atoms with E-state index in [1.165, 1.54) is 0 Å². The fourth-order valence-corrected chi connectivity index (χ4v) is 7.18. The zero-order valence-corrected chi connectivity index (χ0v) is 26.0. The molecular formula is C30H46N2O12. The third-order valence-corrected chi connectivity index (χ3v) is 9.52. The van der Waals surface area contributed by atoms with Crippen molar-refractivity contribution < 1.29 is 58.2 Å². The molecule has 14 heteroatoms. The monoisotopic (exact) mass is 626 g/mol. The van der Waals surface area contributed by atoms with Crippen molar-refractivity contribution in [2.75, 3.05) is 0 Å². The summed E-state index contributed by atoms with van der Waals surface area (Å²) < 4.78 is 18.3. The molecule has 248 valence electrons. The maximum Gasteiger partial charge on any atom is 0.326 e. The molecule has 0 radical (unpaired) electrons. The number of carboxylic acid groups (broad SMARTS) is 2. The van der Waals surface area contributed by atoms with Crippen molar-refractivity contribution in [2.45, 2.75) is 128 Å². The van der Waals surface area contributed by atoms with Crippen LogP contribution in [0.3, 0.4) is 0 Å². The van der Waals surface area contributed by atoms with E-state index >= 15 is 0 Å². The Hall–Kier alpha value is -2.81. The van der Waals surface area contributed by atoms with E-state index in [4.69, 9.17) is 29.1 Å². The van der Waals surface area contributed by atoms with Crippen LogP contribution < -0.4 is 10.6 Å². The van der Waals surface area contributed by atoms with Crippen molar-refractivity contribution in [1.29, 1.82) is 0 Å². The van der Waals surface area contributed by atoms with Gasteiger partial charge in [-0.05, 0) is 56.8 Å². The van der Waals surface area contributed by atoms with E-state index in [2.05, 4.69) is 17.6 Å². The lowest BCUT2D eigenvalue weighted by atomic mass is 9.58. The number of nitrogens with one attached hydrogen (secondary N) is 2. The first kappa shape index (κ1) is 34.1. The topological polar surface area (TPSA) is 196 Å². The molecule has 1 saturated carbocycles. The minimum absolute atomic E-state index is 0.0352. The van der Waals surface area contributed by atoms with Crippen LogP contribution in [0.25, 0.3) is 0 Å².